The molecule has 21 heavy (non-hydrogen) atoms. The fourth-order valence-electron chi connectivity index (χ4n) is 2.19. The molecule has 0 saturated heterocycles. The molecular weight excluding hydrogens is 332 g/mol. The zero-order valence-corrected chi connectivity index (χ0v) is 13.9. The van der Waals surface area contributed by atoms with Gasteiger partial charge in [-0.1, -0.05) is 41.4 Å². The largest absolute Gasteiger partial charge is 0.462 e. The van der Waals surface area contributed by atoms with Gasteiger partial charge in [-0.05, 0) is 31.0 Å². The summed E-state index contributed by atoms with van der Waals surface area (Å²) >= 11 is 3.43. The van der Waals surface area contributed by atoms with Crippen LogP contribution in [0.1, 0.15) is 41.9 Å². The molecular formula is C16H19BrN2O2. The minimum absolute atomic E-state index is 0.289. The third-order valence-corrected chi connectivity index (χ3v) is 3.71. The van der Waals surface area contributed by atoms with Gasteiger partial charge in [-0.3, -0.25) is 4.68 Å². The van der Waals surface area contributed by atoms with E-state index in [1.54, 1.807) is 6.20 Å². The van der Waals surface area contributed by atoms with Crippen molar-refractivity contribution >= 4 is 21.9 Å². The Balaban J connectivity index is 2.26. The molecule has 5 heteroatoms. The number of hydrogen-bond donors (Lipinski definition) is 0. The van der Waals surface area contributed by atoms with Crippen LogP contribution in [-0.2, 0) is 17.7 Å². The Morgan fingerprint density at radius 2 is 2.00 bits per heavy atom. The summed E-state index contributed by atoms with van der Waals surface area (Å²) in [6, 6.07) is 8.10. The number of esters is 1. The molecule has 0 atom stereocenters. The lowest BCUT2D eigenvalue weighted by Gasteiger charge is -2.09. The second kappa shape index (κ2) is 7.41. The van der Waals surface area contributed by atoms with Gasteiger partial charge in [0, 0.05) is 4.47 Å². The van der Waals surface area contributed by atoms with E-state index in [4.69, 9.17) is 4.74 Å². The van der Waals surface area contributed by atoms with Crippen LogP contribution in [0.4, 0.5) is 0 Å². The van der Waals surface area contributed by atoms with E-state index >= 15 is 0 Å². The number of ether oxygens (including phenoxy) is 1. The Bertz CT molecular complexity index is 605. The van der Waals surface area contributed by atoms with E-state index in [1.807, 2.05) is 35.9 Å². The lowest BCUT2D eigenvalue weighted by molar-refractivity contribution is 0.0525. The van der Waals surface area contributed by atoms with Crippen LogP contribution in [-0.4, -0.2) is 22.4 Å². The first-order chi connectivity index (χ1) is 10.2. The first-order valence-electron chi connectivity index (χ1n) is 7.12. The lowest BCUT2D eigenvalue weighted by Crippen LogP contribution is -2.11. The van der Waals surface area contributed by atoms with Gasteiger partial charge < -0.3 is 4.74 Å². The number of carbonyl (C=O) groups excluding carboxylic acids is 1. The van der Waals surface area contributed by atoms with E-state index in [0.717, 1.165) is 28.6 Å². The molecule has 1 aromatic heterocycles. The maximum atomic E-state index is 12.0. The van der Waals surface area contributed by atoms with Crippen molar-refractivity contribution in [1.29, 1.82) is 0 Å². The second-order valence-corrected chi connectivity index (χ2v) is 5.68. The number of nitrogens with zero attached hydrogens (tertiary/aromatic N) is 2. The van der Waals surface area contributed by atoms with Crippen LogP contribution in [0.15, 0.2) is 34.9 Å². The molecule has 0 amide bonds. The summed E-state index contributed by atoms with van der Waals surface area (Å²) in [6.45, 7) is 4.93. The van der Waals surface area contributed by atoms with E-state index in [2.05, 4.69) is 28.0 Å². The number of halogens is 1. The molecule has 0 aliphatic carbocycles. The third kappa shape index (κ3) is 3.94. The second-order valence-electron chi connectivity index (χ2n) is 4.76. The summed E-state index contributed by atoms with van der Waals surface area (Å²) in [6.07, 6.45) is 3.38. The van der Waals surface area contributed by atoms with E-state index < -0.39 is 0 Å². The zero-order valence-electron chi connectivity index (χ0n) is 12.3. The quantitative estimate of drug-likeness (QED) is 0.743. The molecule has 2 aromatic rings. The smallest absolute Gasteiger partial charge is 0.341 e. The van der Waals surface area contributed by atoms with Crippen molar-refractivity contribution in [2.24, 2.45) is 0 Å². The van der Waals surface area contributed by atoms with Gasteiger partial charge in [0.1, 0.15) is 5.56 Å². The number of aromatic nitrogens is 2. The van der Waals surface area contributed by atoms with Crippen molar-refractivity contribution in [3.63, 3.8) is 0 Å². The molecule has 2 rings (SSSR count). The topological polar surface area (TPSA) is 44.1 Å². The number of rotatable bonds is 6. The van der Waals surface area contributed by atoms with Gasteiger partial charge >= 0.3 is 5.97 Å². The van der Waals surface area contributed by atoms with Crippen LogP contribution in [0.3, 0.4) is 0 Å². The number of benzene rings is 1. The van der Waals surface area contributed by atoms with Crippen molar-refractivity contribution in [3.8, 4) is 0 Å². The van der Waals surface area contributed by atoms with Gasteiger partial charge in [0.2, 0.25) is 0 Å². The van der Waals surface area contributed by atoms with Crippen LogP contribution < -0.4 is 0 Å². The van der Waals surface area contributed by atoms with Crippen LogP contribution in [0.5, 0.6) is 0 Å². The SMILES string of the molecule is CCCc1c(C(=O)OCC)cnn1Cc1ccc(Br)cc1. The van der Waals surface area contributed by atoms with Crippen LogP contribution in [0.25, 0.3) is 0 Å². The molecule has 0 aliphatic rings. The molecule has 0 aliphatic heterocycles. The Morgan fingerprint density at radius 1 is 1.29 bits per heavy atom. The monoisotopic (exact) mass is 350 g/mol. The Morgan fingerprint density at radius 3 is 2.62 bits per heavy atom. The fourth-order valence-corrected chi connectivity index (χ4v) is 2.45. The summed E-state index contributed by atoms with van der Waals surface area (Å²) in [5.74, 6) is -0.289. The molecule has 1 heterocycles. The average Bonchev–Trinajstić information content (AvgIpc) is 2.85. The highest BCUT2D eigenvalue weighted by Crippen LogP contribution is 2.16. The fraction of sp³-hybridized carbons (Fsp3) is 0.375. The van der Waals surface area contributed by atoms with Crippen molar-refractivity contribution in [2.75, 3.05) is 6.61 Å². The highest BCUT2D eigenvalue weighted by Gasteiger charge is 2.17. The van der Waals surface area contributed by atoms with E-state index in [1.165, 1.54) is 0 Å². The van der Waals surface area contributed by atoms with Crippen molar-refractivity contribution in [2.45, 2.75) is 33.2 Å². The molecule has 0 N–H and O–H groups in total. The van der Waals surface area contributed by atoms with Crippen LogP contribution >= 0.6 is 15.9 Å². The molecule has 0 unspecified atom stereocenters. The maximum Gasteiger partial charge on any atom is 0.341 e. The predicted octanol–water partition coefficient (Wildman–Crippen LogP) is 3.82. The Kier molecular flexibility index (Phi) is 5.56. The molecule has 0 saturated carbocycles. The molecule has 0 spiro atoms. The lowest BCUT2D eigenvalue weighted by atomic mass is 10.1. The highest BCUT2D eigenvalue weighted by molar-refractivity contribution is 9.10. The summed E-state index contributed by atoms with van der Waals surface area (Å²) in [7, 11) is 0. The summed E-state index contributed by atoms with van der Waals surface area (Å²) in [5, 5.41) is 4.36. The molecule has 4 nitrogen and oxygen atoms in total. The summed E-state index contributed by atoms with van der Waals surface area (Å²) in [5.41, 5.74) is 2.67. The molecule has 0 fully saturated rings. The third-order valence-electron chi connectivity index (χ3n) is 3.18. The van der Waals surface area contributed by atoms with Gasteiger partial charge in [-0.15, -0.1) is 0 Å². The standard InChI is InChI=1S/C16H19BrN2O2/c1-3-5-15-14(16(20)21-4-2)10-18-19(15)11-12-6-8-13(17)9-7-12/h6-10H,3-5,11H2,1-2H3. The predicted molar refractivity (Wildman–Crippen MR) is 85.4 cm³/mol. The van der Waals surface area contributed by atoms with Gasteiger partial charge in [-0.2, -0.15) is 5.10 Å². The van der Waals surface area contributed by atoms with Gasteiger partial charge in [0.05, 0.1) is 25.0 Å². The van der Waals surface area contributed by atoms with Crippen LogP contribution in [0.2, 0.25) is 0 Å². The average molecular weight is 351 g/mol. The van der Waals surface area contributed by atoms with E-state index in [9.17, 15) is 4.79 Å². The van der Waals surface area contributed by atoms with Crippen LogP contribution in [0, 0.1) is 0 Å². The molecule has 1 aromatic carbocycles. The summed E-state index contributed by atoms with van der Waals surface area (Å²) in [4.78, 5) is 12.0. The minimum atomic E-state index is -0.289. The first-order valence-corrected chi connectivity index (χ1v) is 7.91. The van der Waals surface area contributed by atoms with E-state index in [0.29, 0.717) is 18.7 Å². The Hall–Kier alpha value is -1.62. The van der Waals surface area contributed by atoms with Crippen molar-refractivity contribution in [1.82, 2.24) is 9.78 Å². The highest BCUT2D eigenvalue weighted by atomic mass is 79.9. The van der Waals surface area contributed by atoms with E-state index in [-0.39, 0.29) is 5.97 Å². The maximum absolute atomic E-state index is 12.0. The summed E-state index contributed by atoms with van der Waals surface area (Å²) < 4.78 is 8.03. The first kappa shape index (κ1) is 15.8. The zero-order chi connectivity index (χ0) is 15.2. The normalized spacial score (nSPS) is 10.6. The van der Waals surface area contributed by atoms with Gasteiger partial charge in [0.15, 0.2) is 0 Å². The number of hydrogen-bond acceptors (Lipinski definition) is 3. The van der Waals surface area contributed by atoms with Crippen molar-refractivity contribution in [3.05, 3.63) is 51.8 Å². The molecule has 112 valence electrons. The minimum Gasteiger partial charge on any atom is -0.462 e. The van der Waals surface area contributed by atoms with Crippen molar-refractivity contribution < 1.29 is 9.53 Å². The number of carbonyl (C=O) groups is 1. The molecule has 0 radical (unpaired) electrons. The van der Waals surface area contributed by atoms with Gasteiger partial charge in [-0.25, -0.2) is 4.79 Å². The van der Waals surface area contributed by atoms with Gasteiger partial charge in [0.25, 0.3) is 0 Å². The Labute approximate surface area is 133 Å². The molecule has 0 bridgehead atoms.